The van der Waals surface area contributed by atoms with E-state index in [-0.39, 0.29) is 17.4 Å². The van der Waals surface area contributed by atoms with Crippen molar-refractivity contribution in [3.05, 3.63) is 71.8 Å². The Bertz CT molecular complexity index is 1350. The van der Waals surface area contributed by atoms with E-state index in [1.54, 1.807) is 23.9 Å². The van der Waals surface area contributed by atoms with Crippen molar-refractivity contribution in [1.82, 2.24) is 15.6 Å². The van der Waals surface area contributed by atoms with Crippen LogP contribution in [-0.4, -0.2) is 46.3 Å². The molecule has 0 atom stereocenters. The standard InChI is InChI=1S/C26H27N5O2S3/c1-3-31(4-2)21-13-12-19(23(32)14-21)15-27-28-24(33)17-35-26-30-29-25(36-26)34-16-20-10-7-9-18-8-5-6-11-22(18)20/h5-15,32H,3-4,16-17H2,1-2H3,(H,28,33)/b27-15+. The summed E-state index contributed by atoms with van der Waals surface area (Å²) in [4.78, 5) is 14.3. The zero-order valence-electron chi connectivity index (χ0n) is 20.0. The lowest BCUT2D eigenvalue weighted by Crippen LogP contribution is -2.21. The molecule has 0 aliphatic rings. The maximum absolute atomic E-state index is 12.2. The van der Waals surface area contributed by atoms with Crippen LogP contribution in [0.2, 0.25) is 0 Å². The van der Waals surface area contributed by atoms with Crippen molar-refractivity contribution < 1.29 is 9.90 Å². The summed E-state index contributed by atoms with van der Waals surface area (Å²) < 4.78 is 1.60. The van der Waals surface area contributed by atoms with Gasteiger partial charge in [-0.2, -0.15) is 5.10 Å². The number of nitrogens with zero attached hydrogens (tertiary/aromatic N) is 4. The normalized spacial score (nSPS) is 11.3. The fourth-order valence-corrected chi connectivity index (χ4v) is 6.45. The van der Waals surface area contributed by atoms with Gasteiger partial charge in [0.25, 0.3) is 5.91 Å². The van der Waals surface area contributed by atoms with Crippen molar-refractivity contribution in [2.45, 2.75) is 28.3 Å². The van der Waals surface area contributed by atoms with E-state index < -0.39 is 0 Å². The molecule has 10 heteroatoms. The minimum atomic E-state index is -0.254. The van der Waals surface area contributed by atoms with E-state index in [1.807, 2.05) is 12.1 Å². The van der Waals surface area contributed by atoms with Crippen molar-refractivity contribution in [2.75, 3.05) is 23.7 Å². The molecule has 0 unspecified atom stereocenters. The molecule has 4 rings (SSSR count). The minimum absolute atomic E-state index is 0.120. The van der Waals surface area contributed by atoms with Crippen LogP contribution in [0.25, 0.3) is 10.8 Å². The van der Waals surface area contributed by atoms with Gasteiger partial charge in [0.15, 0.2) is 8.68 Å². The molecule has 0 fully saturated rings. The number of anilines is 1. The lowest BCUT2D eigenvalue weighted by Gasteiger charge is -2.21. The molecule has 1 amide bonds. The van der Waals surface area contributed by atoms with Gasteiger partial charge in [-0.1, -0.05) is 77.3 Å². The van der Waals surface area contributed by atoms with Crippen LogP contribution in [0.3, 0.4) is 0 Å². The number of benzene rings is 3. The minimum Gasteiger partial charge on any atom is -0.507 e. The average molecular weight is 538 g/mol. The van der Waals surface area contributed by atoms with Gasteiger partial charge >= 0.3 is 0 Å². The van der Waals surface area contributed by atoms with Gasteiger partial charge in [-0.15, -0.1) is 10.2 Å². The fraction of sp³-hybridized carbons (Fsp3) is 0.231. The molecule has 0 spiro atoms. The van der Waals surface area contributed by atoms with Gasteiger partial charge in [0.2, 0.25) is 0 Å². The maximum Gasteiger partial charge on any atom is 0.250 e. The summed E-state index contributed by atoms with van der Waals surface area (Å²) in [7, 11) is 0. The third kappa shape index (κ3) is 6.77. The Labute approximate surface area is 223 Å². The molecule has 3 aromatic carbocycles. The molecule has 36 heavy (non-hydrogen) atoms. The molecule has 0 radical (unpaired) electrons. The maximum atomic E-state index is 12.2. The van der Waals surface area contributed by atoms with Crippen LogP contribution in [0.5, 0.6) is 5.75 Å². The molecule has 1 heterocycles. The zero-order chi connectivity index (χ0) is 25.3. The lowest BCUT2D eigenvalue weighted by atomic mass is 10.1. The molecule has 4 aromatic rings. The van der Waals surface area contributed by atoms with Crippen molar-refractivity contribution in [3.63, 3.8) is 0 Å². The third-order valence-corrected chi connectivity index (χ3v) is 8.72. The number of fused-ring (bicyclic) bond motifs is 1. The number of aromatic hydroxyl groups is 1. The summed E-state index contributed by atoms with van der Waals surface area (Å²) in [5.74, 6) is 0.843. The number of nitrogens with one attached hydrogen (secondary N) is 1. The van der Waals surface area contributed by atoms with Crippen molar-refractivity contribution >= 4 is 63.4 Å². The number of hydrogen-bond donors (Lipinski definition) is 2. The molecular formula is C26H27N5O2S3. The van der Waals surface area contributed by atoms with E-state index in [2.05, 4.69) is 75.9 Å². The zero-order valence-corrected chi connectivity index (χ0v) is 22.5. The third-order valence-electron chi connectivity index (χ3n) is 5.48. The van der Waals surface area contributed by atoms with E-state index in [4.69, 9.17) is 0 Å². The smallest absolute Gasteiger partial charge is 0.250 e. The molecular weight excluding hydrogens is 511 g/mol. The Kier molecular flexibility index (Phi) is 9.21. The molecule has 186 valence electrons. The summed E-state index contributed by atoms with van der Waals surface area (Å²) in [6.45, 7) is 5.85. The predicted octanol–water partition coefficient (Wildman–Crippen LogP) is 5.78. The highest BCUT2D eigenvalue weighted by Gasteiger charge is 2.10. The first-order chi connectivity index (χ1) is 17.6. The highest BCUT2D eigenvalue weighted by Crippen LogP contribution is 2.32. The highest BCUT2D eigenvalue weighted by atomic mass is 32.2. The average Bonchev–Trinajstić information content (AvgIpc) is 3.36. The first-order valence-electron chi connectivity index (χ1n) is 11.5. The van der Waals surface area contributed by atoms with E-state index >= 15 is 0 Å². The van der Waals surface area contributed by atoms with Gasteiger partial charge in [-0.05, 0) is 42.3 Å². The number of phenolic OH excluding ortho intramolecular Hbond substituents is 1. The van der Waals surface area contributed by atoms with Gasteiger partial charge in [-0.3, -0.25) is 4.79 Å². The second-order valence-corrected chi connectivity index (χ2v) is 11.2. The summed E-state index contributed by atoms with van der Waals surface area (Å²) >= 11 is 4.44. The first kappa shape index (κ1) is 26.0. The monoisotopic (exact) mass is 537 g/mol. The number of thioether (sulfide) groups is 2. The summed E-state index contributed by atoms with van der Waals surface area (Å²) in [6.07, 6.45) is 1.44. The largest absolute Gasteiger partial charge is 0.507 e. The van der Waals surface area contributed by atoms with Crippen LogP contribution in [0.4, 0.5) is 5.69 Å². The van der Waals surface area contributed by atoms with Crippen LogP contribution in [0, 0.1) is 0 Å². The van der Waals surface area contributed by atoms with Crippen LogP contribution >= 0.6 is 34.9 Å². The van der Waals surface area contributed by atoms with E-state index in [0.29, 0.717) is 5.56 Å². The number of phenols is 1. The highest BCUT2D eigenvalue weighted by molar-refractivity contribution is 8.03. The van der Waals surface area contributed by atoms with Crippen LogP contribution in [0.15, 0.2) is 74.4 Å². The summed E-state index contributed by atoms with van der Waals surface area (Å²) in [5, 5.41) is 25.2. The number of hydrogen-bond acceptors (Lipinski definition) is 9. The van der Waals surface area contributed by atoms with Gasteiger partial charge in [0.05, 0.1) is 12.0 Å². The Hall–Kier alpha value is -3.08. The Morgan fingerprint density at radius 2 is 1.81 bits per heavy atom. The van der Waals surface area contributed by atoms with Gasteiger partial charge in [-0.25, -0.2) is 5.43 Å². The Morgan fingerprint density at radius 1 is 1.06 bits per heavy atom. The molecule has 0 saturated carbocycles. The molecule has 0 bridgehead atoms. The summed E-state index contributed by atoms with van der Waals surface area (Å²) in [5.41, 5.74) is 5.24. The van der Waals surface area contributed by atoms with Gasteiger partial charge in [0.1, 0.15) is 5.75 Å². The summed E-state index contributed by atoms with van der Waals surface area (Å²) in [6, 6.07) is 20.1. The molecule has 0 saturated heterocycles. The number of carbonyl (C=O) groups is 1. The van der Waals surface area contributed by atoms with Gasteiger partial charge < -0.3 is 10.0 Å². The molecule has 0 aliphatic carbocycles. The molecule has 0 aliphatic heterocycles. The molecule has 7 nitrogen and oxygen atoms in total. The Morgan fingerprint density at radius 3 is 2.58 bits per heavy atom. The topological polar surface area (TPSA) is 90.7 Å². The second kappa shape index (κ2) is 12.8. The van der Waals surface area contributed by atoms with Gasteiger partial charge in [0, 0.05) is 36.2 Å². The first-order valence-corrected chi connectivity index (χ1v) is 14.3. The van der Waals surface area contributed by atoms with Crippen LogP contribution in [0.1, 0.15) is 25.0 Å². The second-order valence-electron chi connectivity index (χ2n) is 7.76. The van der Waals surface area contributed by atoms with E-state index in [1.165, 1.54) is 45.6 Å². The van der Waals surface area contributed by atoms with E-state index in [9.17, 15) is 9.90 Å². The fourth-order valence-electron chi connectivity index (χ4n) is 3.63. The van der Waals surface area contributed by atoms with Crippen molar-refractivity contribution in [2.24, 2.45) is 5.10 Å². The number of amides is 1. The van der Waals surface area contributed by atoms with Crippen molar-refractivity contribution in [1.29, 1.82) is 0 Å². The SMILES string of the molecule is CCN(CC)c1ccc(/C=N/NC(=O)CSc2nnc(SCc3cccc4ccccc34)s2)c(O)c1. The lowest BCUT2D eigenvalue weighted by molar-refractivity contribution is -0.118. The molecule has 1 aromatic heterocycles. The predicted molar refractivity (Wildman–Crippen MR) is 152 cm³/mol. The quantitative estimate of drug-likeness (QED) is 0.142. The van der Waals surface area contributed by atoms with Crippen LogP contribution in [-0.2, 0) is 10.5 Å². The number of hydrazone groups is 1. The van der Waals surface area contributed by atoms with Crippen molar-refractivity contribution in [3.8, 4) is 5.75 Å². The number of rotatable bonds is 11. The molecule has 2 N–H and O–H groups in total. The van der Waals surface area contributed by atoms with E-state index in [0.717, 1.165) is 33.2 Å². The number of carbonyl (C=O) groups excluding carboxylic acids is 1. The number of aromatic nitrogens is 2. The Balaban J connectivity index is 1.24. The van der Waals surface area contributed by atoms with Crippen LogP contribution < -0.4 is 10.3 Å².